The van der Waals surface area contributed by atoms with E-state index in [2.05, 4.69) is 22.1 Å². The van der Waals surface area contributed by atoms with E-state index in [4.69, 9.17) is 11.6 Å². The number of hydrogen-bond donors (Lipinski definition) is 1. The molecule has 7 heteroatoms. The molecule has 0 spiro atoms. The minimum absolute atomic E-state index is 0.319. The average molecular weight is 297 g/mol. The van der Waals surface area contributed by atoms with Gasteiger partial charge in [0, 0.05) is 32.4 Å². The molecule has 1 saturated heterocycles. The first-order valence-corrected chi connectivity index (χ1v) is 6.92. The first-order valence-electron chi connectivity index (χ1n) is 6.54. The Morgan fingerprint density at radius 3 is 2.55 bits per heavy atom. The van der Waals surface area contributed by atoms with Crippen LogP contribution in [0, 0.1) is 0 Å². The van der Waals surface area contributed by atoms with Crippen LogP contribution in [0.25, 0.3) is 0 Å². The molecule has 0 aromatic carbocycles. The van der Waals surface area contributed by atoms with Crippen LogP contribution in [0.15, 0.2) is 18.3 Å². The fourth-order valence-electron chi connectivity index (χ4n) is 2.03. The molecule has 0 aliphatic carbocycles. The number of amides is 2. The predicted molar refractivity (Wildman–Crippen MR) is 76.6 cm³/mol. The number of piperazine rings is 1. The molecule has 1 N–H and O–H groups in total. The van der Waals surface area contributed by atoms with Crippen molar-refractivity contribution in [2.45, 2.75) is 6.92 Å². The van der Waals surface area contributed by atoms with Gasteiger partial charge in [-0.2, -0.15) is 0 Å². The lowest BCUT2D eigenvalue weighted by molar-refractivity contribution is -0.144. The van der Waals surface area contributed by atoms with E-state index in [0.29, 0.717) is 23.9 Å². The topological polar surface area (TPSA) is 65.5 Å². The third-order valence-corrected chi connectivity index (χ3v) is 3.49. The van der Waals surface area contributed by atoms with Gasteiger partial charge in [-0.3, -0.25) is 9.59 Å². The lowest BCUT2D eigenvalue weighted by Gasteiger charge is -2.33. The summed E-state index contributed by atoms with van der Waals surface area (Å²) in [6, 6.07) is 3.16. The minimum atomic E-state index is -0.662. The maximum Gasteiger partial charge on any atom is 0.315 e. The highest BCUT2D eigenvalue weighted by Gasteiger charge is 2.25. The van der Waals surface area contributed by atoms with E-state index in [9.17, 15) is 9.59 Å². The number of aromatic nitrogens is 1. The molecule has 2 heterocycles. The zero-order valence-corrected chi connectivity index (χ0v) is 12.1. The summed E-state index contributed by atoms with van der Waals surface area (Å²) in [7, 11) is 0. The number of halogens is 1. The standard InChI is InChI=1S/C13H17ClN4O2/c1-2-17-5-7-18(8-6-17)13(20)12(19)16-11-4-3-10(14)9-15-11/h3-4,9H,2,5-8H2,1H3,(H,15,16,19). The number of rotatable bonds is 2. The molecule has 1 aliphatic heterocycles. The number of hydrogen-bond acceptors (Lipinski definition) is 4. The number of carbonyl (C=O) groups is 2. The van der Waals surface area contributed by atoms with Crippen molar-refractivity contribution >= 4 is 29.2 Å². The lowest BCUT2D eigenvalue weighted by Crippen LogP contribution is -2.51. The summed E-state index contributed by atoms with van der Waals surface area (Å²) < 4.78 is 0. The van der Waals surface area contributed by atoms with E-state index in [1.54, 1.807) is 17.0 Å². The Labute approximate surface area is 122 Å². The third-order valence-electron chi connectivity index (χ3n) is 3.27. The summed E-state index contributed by atoms with van der Waals surface area (Å²) in [5, 5.41) is 2.95. The summed E-state index contributed by atoms with van der Waals surface area (Å²) in [6.45, 7) is 5.80. The molecule has 0 atom stereocenters. The first kappa shape index (κ1) is 14.7. The molecular formula is C13H17ClN4O2. The second kappa shape index (κ2) is 6.67. The molecule has 1 aromatic rings. The molecule has 0 bridgehead atoms. The van der Waals surface area contributed by atoms with Crippen molar-refractivity contribution in [3.63, 3.8) is 0 Å². The van der Waals surface area contributed by atoms with E-state index < -0.39 is 11.8 Å². The number of carbonyl (C=O) groups excluding carboxylic acids is 2. The zero-order valence-electron chi connectivity index (χ0n) is 11.3. The van der Waals surface area contributed by atoms with Gasteiger partial charge in [0.05, 0.1) is 5.02 Å². The van der Waals surface area contributed by atoms with Crippen LogP contribution in [-0.2, 0) is 9.59 Å². The van der Waals surface area contributed by atoms with Gasteiger partial charge in [0.1, 0.15) is 5.82 Å². The van der Waals surface area contributed by atoms with Gasteiger partial charge in [0.15, 0.2) is 0 Å². The predicted octanol–water partition coefficient (Wildman–Crippen LogP) is 0.838. The smallest absolute Gasteiger partial charge is 0.315 e. The van der Waals surface area contributed by atoms with Crippen LogP contribution >= 0.6 is 11.6 Å². The van der Waals surface area contributed by atoms with Gasteiger partial charge < -0.3 is 15.1 Å². The minimum Gasteiger partial charge on any atom is -0.332 e. The molecule has 108 valence electrons. The second-order valence-electron chi connectivity index (χ2n) is 4.54. The summed E-state index contributed by atoms with van der Waals surface area (Å²) in [4.78, 5) is 31.6. The monoisotopic (exact) mass is 296 g/mol. The van der Waals surface area contributed by atoms with E-state index >= 15 is 0 Å². The highest BCUT2D eigenvalue weighted by atomic mass is 35.5. The van der Waals surface area contributed by atoms with Crippen molar-refractivity contribution < 1.29 is 9.59 Å². The Morgan fingerprint density at radius 2 is 2.00 bits per heavy atom. The fourth-order valence-corrected chi connectivity index (χ4v) is 2.14. The van der Waals surface area contributed by atoms with E-state index in [1.165, 1.54) is 6.20 Å². The number of nitrogens with zero attached hydrogens (tertiary/aromatic N) is 3. The van der Waals surface area contributed by atoms with Gasteiger partial charge in [-0.1, -0.05) is 18.5 Å². The van der Waals surface area contributed by atoms with Crippen molar-refractivity contribution in [3.05, 3.63) is 23.4 Å². The third kappa shape index (κ3) is 3.68. The lowest BCUT2D eigenvalue weighted by atomic mass is 10.3. The second-order valence-corrected chi connectivity index (χ2v) is 4.98. The van der Waals surface area contributed by atoms with Crippen LogP contribution in [0.1, 0.15) is 6.92 Å². The molecule has 1 fully saturated rings. The van der Waals surface area contributed by atoms with E-state index in [1.807, 2.05) is 0 Å². The maximum atomic E-state index is 12.0. The molecule has 20 heavy (non-hydrogen) atoms. The van der Waals surface area contributed by atoms with E-state index in [0.717, 1.165) is 19.6 Å². The number of nitrogens with one attached hydrogen (secondary N) is 1. The SMILES string of the molecule is CCN1CCN(C(=O)C(=O)Nc2ccc(Cl)cn2)CC1. The zero-order chi connectivity index (χ0) is 14.5. The van der Waals surface area contributed by atoms with Crippen LogP contribution in [-0.4, -0.2) is 59.3 Å². The maximum absolute atomic E-state index is 12.0. The van der Waals surface area contributed by atoms with Gasteiger partial charge >= 0.3 is 11.8 Å². The molecule has 0 saturated carbocycles. The van der Waals surface area contributed by atoms with Gasteiger partial charge in [-0.05, 0) is 18.7 Å². The van der Waals surface area contributed by atoms with Gasteiger partial charge in [-0.15, -0.1) is 0 Å². The first-order chi connectivity index (χ1) is 9.60. The van der Waals surface area contributed by atoms with Gasteiger partial charge in [0.2, 0.25) is 0 Å². The van der Waals surface area contributed by atoms with Crippen LogP contribution in [0.2, 0.25) is 5.02 Å². The molecule has 6 nitrogen and oxygen atoms in total. The van der Waals surface area contributed by atoms with Crippen LogP contribution in [0.3, 0.4) is 0 Å². The molecule has 2 amide bonds. The Hall–Kier alpha value is -1.66. The van der Waals surface area contributed by atoms with Gasteiger partial charge in [0.25, 0.3) is 0 Å². The number of likely N-dealkylation sites (N-methyl/N-ethyl adjacent to an activating group) is 1. The van der Waals surface area contributed by atoms with Crippen molar-refractivity contribution in [3.8, 4) is 0 Å². The molecule has 0 radical (unpaired) electrons. The average Bonchev–Trinajstić information content (AvgIpc) is 2.49. The normalized spacial score (nSPS) is 16.0. The molecule has 2 rings (SSSR count). The largest absolute Gasteiger partial charge is 0.332 e. The van der Waals surface area contributed by atoms with Crippen molar-refractivity contribution in [1.82, 2.24) is 14.8 Å². The number of anilines is 1. The summed E-state index contributed by atoms with van der Waals surface area (Å²) in [5.74, 6) is -0.859. The van der Waals surface area contributed by atoms with Crippen molar-refractivity contribution in [2.75, 3.05) is 38.0 Å². The van der Waals surface area contributed by atoms with Crippen LogP contribution in [0.5, 0.6) is 0 Å². The quantitative estimate of drug-likeness (QED) is 0.821. The summed E-state index contributed by atoms with van der Waals surface area (Å²) in [5.41, 5.74) is 0. The highest BCUT2D eigenvalue weighted by molar-refractivity contribution is 6.39. The molecule has 0 unspecified atom stereocenters. The Bertz CT molecular complexity index is 484. The van der Waals surface area contributed by atoms with Gasteiger partial charge in [-0.25, -0.2) is 4.98 Å². The van der Waals surface area contributed by atoms with E-state index in [-0.39, 0.29) is 0 Å². The summed E-state index contributed by atoms with van der Waals surface area (Å²) >= 11 is 5.70. The summed E-state index contributed by atoms with van der Waals surface area (Å²) in [6.07, 6.45) is 1.42. The number of pyridine rings is 1. The molecule has 1 aliphatic rings. The van der Waals surface area contributed by atoms with Crippen LogP contribution in [0.4, 0.5) is 5.82 Å². The highest BCUT2D eigenvalue weighted by Crippen LogP contribution is 2.10. The van der Waals surface area contributed by atoms with Crippen LogP contribution < -0.4 is 5.32 Å². The Kier molecular flexibility index (Phi) is 4.92. The van der Waals surface area contributed by atoms with Crippen molar-refractivity contribution in [1.29, 1.82) is 0 Å². The Balaban J connectivity index is 1.89. The fraction of sp³-hybridized carbons (Fsp3) is 0.462. The van der Waals surface area contributed by atoms with Crippen molar-refractivity contribution in [2.24, 2.45) is 0 Å². The Morgan fingerprint density at radius 1 is 1.30 bits per heavy atom. The molecular weight excluding hydrogens is 280 g/mol. The molecule has 1 aromatic heterocycles.